The summed E-state index contributed by atoms with van der Waals surface area (Å²) < 4.78 is 13.8. The van der Waals surface area contributed by atoms with Gasteiger partial charge in [0.2, 0.25) is 5.91 Å². The van der Waals surface area contributed by atoms with Crippen LogP contribution in [0.3, 0.4) is 0 Å². The minimum Gasteiger partial charge on any atom is -0.342 e. The van der Waals surface area contributed by atoms with Crippen molar-refractivity contribution in [3.8, 4) is 11.3 Å². The van der Waals surface area contributed by atoms with E-state index in [9.17, 15) is 9.18 Å². The normalized spacial score (nSPS) is 14.5. The second-order valence-corrected chi connectivity index (χ2v) is 7.55. The number of thioether (sulfide) groups is 1. The first-order chi connectivity index (χ1) is 13.2. The van der Waals surface area contributed by atoms with Crippen molar-refractivity contribution in [1.82, 2.24) is 14.9 Å². The molecule has 0 radical (unpaired) electrons. The van der Waals surface area contributed by atoms with Crippen LogP contribution in [0.5, 0.6) is 0 Å². The fourth-order valence-electron chi connectivity index (χ4n) is 3.32. The Labute approximate surface area is 161 Å². The van der Waals surface area contributed by atoms with Gasteiger partial charge in [0.05, 0.1) is 17.0 Å². The molecule has 3 aromatic rings. The summed E-state index contributed by atoms with van der Waals surface area (Å²) in [6.45, 7) is 1.68. The lowest BCUT2D eigenvalue weighted by Gasteiger charge is -2.26. The van der Waals surface area contributed by atoms with Crippen LogP contribution in [0, 0.1) is 5.82 Å². The maximum atomic E-state index is 13.8. The number of hydrogen-bond donors (Lipinski definition) is 0. The standard InChI is InChI=1S/C21H20FN3OS/c22-16-9-10-18-17(13-16)20(15-7-3-1-4-8-15)24-21(23-18)27-14-19(26)25-11-5-2-6-12-25/h1,3-4,7-10,13H,2,5-6,11-12,14H2. The second-order valence-electron chi connectivity index (χ2n) is 6.61. The van der Waals surface area contributed by atoms with E-state index >= 15 is 0 Å². The maximum Gasteiger partial charge on any atom is 0.233 e. The first-order valence-corrected chi connectivity index (χ1v) is 10.1. The van der Waals surface area contributed by atoms with Crippen molar-refractivity contribution >= 4 is 28.6 Å². The van der Waals surface area contributed by atoms with Crippen molar-refractivity contribution in [1.29, 1.82) is 0 Å². The average molecular weight is 381 g/mol. The summed E-state index contributed by atoms with van der Waals surface area (Å²) in [5.74, 6) is 0.133. The molecule has 1 saturated heterocycles. The molecule has 138 valence electrons. The van der Waals surface area contributed by atoms with Crippen LogP contribution in [-0.4, -0.2) is 39.6 Å². The molecule has 0 saturated carbocycles. The lowest BCUT2D eigenvalue weighted by molar-refractivity contribution is -0.129. The highest BCUT2D eigenvalue weighted by molar-refractivity contribution is 7.99. The molecule has 2 aromatic carbocycles. The Morgan fingerprint density at radius 1 is 1.04 bits per heavy atom. The minimum atomic E-state index is -0.316. The summed E-state index contributed by atoms with van der Waals surface area (Å²) in [5.41, 5.74) is 2.27. The molecule has 0 N–H and O–H groups in total. The monoisotopic (exact) mass is 381 g/mol. The lowest BCUT2D eigenvalue weighted by Crippen LogP contribution is -2.36. The van der Waals surface area contributed by atoms with Gasteiger partial charge in [-0.3, -0.25) is 4.79 Å². The molecule has 1 fully saturated rings. The molecule has 0 unspecified atom stereocenters. The summed E-state index contributed by atoms with van der Waals surface area (Å²) in [5, 5.41) is 1.21. The van der Waals surface area contributed by atoms with E-state index in [-0.39, 0.29) is 11.7 Å². The molecule has 4 nitrogen and oxygen atoms in total. The zero-order valence-electron chi connectivity index (χ0n) is 14.9. The Morgan fingerprint density at radius 3 is 2.59 bits per heavy atom. The van der Waals surface area contributed by atoms with Crippen LogP contribution in [-0.2, 0) is 4.79 Å². The van der Waals surface area contributed by atoms with E-state index in [1.54, 1.807) is 6.07 Å². The third kappa shape index (κ3) is 4.11. The fourth-order valence-corrected chi connectivity index (χ4v) is 4.07. The van der Waals surface area contributed by atoms with Crippen LogP contribution in [0.1, 0.15) is 19.3 Å². The van der Waals surface area contributed by atoms with Gasteiger partial charge in [-0.15, -0.1) is 0 Å². The van der Waals surface area contributed by atoms with Crippen molar-refractivity contribution in [3.05, 3.63) is 54.3 Å². The largest absolute Gasteiger partial charge is 0.342 e. The number of carbonyl (C=O) groups excluding carboxylic acids is 1. The summed E-state index contributed by atoms with van der Waals surface area (Å²) in [4.78, 5) is 23.5. The van der Waals surface area contributed by atoms with E-state index in [1.165, 1.54) is 30.3 Å². The molecule has 0 bridgehead atoms. The number of rotatable bonds is 4. The highest BCUT2D eigenvalue weighted by Crippen LogP contribution is 2.29. The molecule has 0 spiro atoms. The van der Waals surface area contributed by atoms with E-state index in [4.69, 9.17) is 0 Å². The highest BCUT2D eigenvalue weighted by atomic mass is 32.2. The summed E-state index contributed by atoms with van der Waals surface area (Å²) in [6.07, 6.45) is 3.35. The number of hydrogen-bond acceptors (Lipinski definition) is 4. The van der Waals surface area contributed by atoms with Gasteiger partial charge in [0.1, 0.15) is 5.82 Å². The predicted molar refractivity (Wildman–Crippen MR) is 106 cm³/mol. The molecule has 1 amide bonds. The SMILES string of the molecule is O=C(CSc1nc(-c2ccccc2)c2cc(F)ccc2n1)N1CCCCC1. The molecule has 1 aliphatic rings. The van der Waals surface area contributed by atoms with E-state index in [2.05, 4.69) is 9.97 Å². The van der Waals surface area contributed by atoms with Gasteiger partial charge in [0, 0.05) is 24.0 Å². The molecule has 1 aromatic heterocycles. The number of nitrogens with zero attached hydrogens (tertiary/aromatic N) is 3. The quantitative estimate of drug-likeness (QED) is 0.492. The van der Waals surface area contributed by atoms with Crippen LogP contribution in [0.15, 0.2) is 53.7 Å². The number of amides is 1. The number of benzene rings is 2. The number of halogens is 1. The van der Waals surface area contributed by atoms with Crippen molar-refractivity contribution in [2.45, 2.75) is 24.4 Å². The Morgan fingerprint density at radius 2 is 1.81 bits per heavy atom. The topological polar surface area (TPSA) is 46.1 Å². The van der Waals surface area contributed by atoms with E-state index < -0.39 is 0 Å². The number of aromatic nitrogens is 2. The number of fused-ring (bicyclic) bond motifs is 1. The molecule has 4 rings (SSSR count). The maximum absolute atomic E-state index is 13.8. The second kappa shape index (κ2) is 8.05. The first kappa shape index (κ1) is 17.9. The van der Waals surface area contributed by atoms with Crippen molar-refractivity contribution in [3.63, 3.8) is 0 Å². The lowest BCUT2D eigenvalue weighted by atomic mass is 10.1. The Balaban J connectivity index is 1.63. The molecular formula is C21H20FN3OS. The Hall–Kier alpha value is -2.47. The molecule has 0 aliphatic carbocycles. The van der Waals surface area contributed by atoms with Crippen molar-refractivity contribution in [2.24, 2.45) is 0 Å². The first-order valence-electron chi connectivity index (χ1n) is 9.14. The molecule has 6 heteroatoms. The molecule has 1 aliphatic heterocycles. The van der Waals surface area contributed by atoms with Crippen LogP contribution >= 0.6 is 11.8 Å². The zero-order valence-corrected chi connectivity index (χ0v) is 15.7. The van der Waals surface area contributed by atoms with Gasteiger partial charge in [-0.25, -0.2) is 14.4 Å². The molecular weight excluding hydrogens is 361 g/mol. The average Bonchev–Trinajstić information content (AvgIpc) is 2.73. The van der Waals surface area contributed by atoms with Gasteiger partial charge >= 0.3 is 0 Å². The van der Waals surface area contributed by atoms with Crippen molar-refractivity contribution in [2.75, 3.05) is 18.8 Å². The summed E-state index contributed by atoms with van der Waals surface area (Å²) in [6, 6.07) is 14.2. The van der Waals surface area contributed by atoms with Crippen LogP contribution in [0.2, 0.25) is 0 Å². The Bertz CT molecular complexity index is 958. The third-order valence-electron chi connectivity index (χ3n) is 4.72. The van der Waals surface area contributed by atoms with Gasteiger partial charge in [-0.05, 0) is 37.5 Å². The molecule has 0 atom stereocenters. The third-order valence-corrected chi connectivity index (χ3v) is 5.55. The van der Waals surface area contributed by atoms with Gasteiger partial charge in [0.25, 0.3) is 0 Å². The van der Waals surface area contributed by atoms with Gasteiger partial charge in [0.15, 0.2) is 5.16 Å². The van der Waals surface area contributed by atoms with Gasteiger partial charge < -0.3 is 4.90 Å². The van der Waals surface area contributed by atoms with Crippen molar-refractivity contribution < 1.29 is 9.18 Å². The van der Waals surface area contributed by atoms with Gasteiger partial charge in [-0.1, -0.05) is 42.1 Å². The van der Waals surface area contributed by atoms with E-state index in [1.807, 2.05) is 35.2 Å². The summed E-state index contributed by atoms with van der Waals surface area (Å²) in [7, 11) is 0. The summed E-state index contributed by atoms with van der Waals surface area (Å²) >= 11 is 1.34. The minimum absolute atomic E-state index is 0.128. The van der Waals surface area contributed by atoms with Crippen LogP contribution in [0.4, 0.5) is 4.39 Å². The number of piperidine rings is 1. The smallest absolute Gasteiger partial charge is 0.233 e. The highest BCUT2D eigenvalue weighted by Gasteiger charge is 2.18. The molecule has 2 heterocycles. The van der Waals surface area contributed by atoms with E-state index in [0.717, 1.165) is 31.5 Å². The fraction of sp³-hybridized carbons (Fsp3) is 0.286. The number of carbonyl (C=O) groups is 1. The molecule has 27 heavy (non-hydrogen) atoms. The number of likely N-dealkylation sites (tertiary alicyclic amines) is 1. The van der Waals surface area contributed by atoms with Crippen LogP contribution in [0.25, 0.3) is 22.2 Å². The Kier molecular flexibility index (Phi) is 5.34. The predicted octanol–water partition coefficient (Wildman–Crippen LogP) is 4.54. The van der Waals surface area contributed by atoms with Gasteiger partial charge in [-0.2, -0.15) is 0 Å². The zero-order chi connectivity index (χ0) is 18.6. The van der Waals surface area contributed by atoms with E-state index in [0.29, 0.717) is 27.5 Å². The van der Waals surface area contributed by atoms with Crippen LogP contribution < -0.4 is 0 Å².